The largest absolute Gasteiger partial charge is 0.464 e. The van der Waals surface area contributed by atoms with Gasteiger partial charge in [-0.25, -0.2) is 4.79 Å². The predicted octanol–water partition coefficient (Wildman–Crippen LogP) is 0.639. The Morgan fingerprint density at radius 1 is 1.37 bits per heavy atom. The summed E-state index contributed by atoms with van der Waals surface area (Å²) >= 11 is 1.60. The van der Waals surface area contributed by atoms with E-state index >= 15 is 0 Å². The number of ether oxygens (including phenoxy) is 1. The third-order valence-electron chi connectivity index (χ3n) is 3.40. The molecule has 1 aliphatic rings. The molecule has 3 N–H and O–H groups in total. The molecule has 0 amide bonds. The van der Waals surface area contributed by atoms with Gasteiger partial charge in [0.05, 0.1) is 18.9 Å². The molecule has 9 nitrogen and oxygen atoms in total. The zero-order chi connectivity index (χ0) is 20.0. The van der Waals surface area contributed by atoms with Crippen LogP contribution in [0.2, 0.25) is 0 Å². The second kappa shape index (κ2) is 9.29. The smallest absolute Gasteiger partial charge is 0.354 e. The van der Waals surface area contributed by atoms with E-state index in [1.54, 1.807) is 18.7 Å². The first-order chi connectivity index (χ1) is 12.7. The lowest BCUT2D eigenvalue weighted by Crippen LogP contribution is -2.29. The topological polar surface area (TPSA) is 127 Å². The second-order valence-corrected chi connectivity index (χ2v) is 8.61. The fourth-order valence-corrected chi connectivity index (χ4v) is 4.25. The van der Waals surface area contributed by atoms with Crippen molar-refractivity contribution >= 4 is 33.6 Å². The van der Waals surface area contributed by atoms with Crippen LogP contribution in [0.5, 0.6) is 0 Å². The van der Waals surface area contributed by atoms with Crippen LogP contribution >= 0.6 is 11.8 Å². The Labute approximate surface area is 163 Å². The molecule has 0 unspecified atom stereocenters. The first kappa shape index (κ1) is 21.3. The maximum absolute atomic E-state index is 12.0. The van der Waals surface area contributed by atoms with Gasteiger partial charge in [0.15, 0.2) is 5.84 Å². The number of thioether (sulfide) groups is 1. The molecule has 0 spiro atoms. The summed E-state index contributed by atoms with van der Waals surface area (Å²) in [5, 5.41) is 2.88. The highest BCUT2D eigenvalue weighted by Crippen LogP contribution is 2.22. The Balaban J connectivity index is 1.87. The molecule has 0 aromatic carbocycles. The van der Waals surface area contributed by atoms with Crippen LogP contribution in [0.4, 0.5) is 0 Å². The number of esters is 1. The van der Waals surface area contributed by atoms with Gasteiger partial charge in [0.1, 0.15) is 17.2 Å². The zero-order valence-electron chi connectivity index (χ0n) is 15.5. The molecule has 0 saturated carbocycles. The number of carbonyl (C=O) groups excluding carboxylic acids is 1. The fraction of sp³-hybridized carbons (Fsp3) is 0.500. The third kappa shape index (κ3) is 5.75. The lowest BCUT2D eigenvalue weighted by molar-refractivity contribution is -0.137. The normalized spacial score (nSPS) is 15.9. The number of nitrogens with zero attached hydrogens (tertiary/aromatic N) is 2. The average Bonchev–Trinajstić information content (AvgIpc) is 3.08. The van der Waals surface area contributed by atoms with Gasteiger partial charge in [-0.3, -0.25) is 0 Å². The first-order valence-corrected chi connectivity index (χ1v) is 10.9. The summed E-state index contributed by atoms with van der Waals surface area (Å²) in [5.41, 5.74) is 5.64. The van der Waals surface area contributed by atoms with Gasteiger partial charge in [-0.15, -0.1) is 4.40 Å². The second-order valence-electron chi connectivity index (χ2n) is 5.96. The number of nitrogens with two attached hydrogens (primary N) is 1. The number of nitrogens with one attached hydrogen (secondary N) is 1. The Kier molecular flexibility index (Phi) is 7.33. The minimum absolute atomic E-state index is 0.000294. The predicted molar refractivity (Wildman–Crippen MR) is 104 cm³/mol. The maximum atomic E-state index is 12.0. The molecule has 1 aromatic rings. The lowest BCUT2D eigenvalue weighted by Gasteiger charge is -2.09. The summed E-state index contributed by atoms with van der Waals surface area (Å²) in [7, 11) is -0.175. The van der Waals surface area contributed by atoms with Gasteiger partial charge in [-0.05, 0) is 33.2 Å². The maximum Gasteiger partial charge on any atom is 0.354 e. The molecular formula is C16H24N4O5S2. The monoisotopic (exact) mass is 416 g/mol. The standard InChI is InChI=1S/C16H24N4O5S2/c1-4-24-16(21)14-13(15(17)19-27(14,22)23)18-7-8-26-10-12-6-5-11(25-12)9-20(2)3/h5-6,18H,4,7-10H2,1-3H3,(H2,17,19). The number of carbonyl (C=O) groups is 1. The molecule has 1 aromatic heterocycles. The highest BCUT2D eigenvalue weighted by atomic mass is 32.2. The van der Waals surface area contributed by atoms with Gasteiger partial charge in [0, 0.05) is 12.3 Å². The van der Waals surface area contributed by atoms with Crippen molar-refractivity contribution in [3.63, 3.8) is 0 Å². The van der Waals surface area contributed by atoms with Crippen molar-refractivity contribution in [1.82, 2.24) is 10.2 Å². The van der Waals surface area contributed by atoms with E-state index in [4.69, 9.17) is 14.9 Å². The number of sulfonamides is 1. The third-order valence-corrected chi connectivity index (χ3v) is 5.71. The van der Waals surface area contributed by atoms with E-state index in [2.05, 4.69) is 9.71 Å². The van der Waals surface area contributed by atoms with Crippen molar-refractivity contribution in [2.45, 2.75) is 19.2 Å². The summed E-state index contributed by atoms with van der Waals surface area (Å²) in [6.07, 6.45) is 0. The van der Waals surface area contributed by atoms with Crippen LogP contribution < -0.4 is 11.1 Å². The van der Waals surface area contributed by atoms with Crippen LogP contribution in [0.15, 0.2) is 31.5 Å². The Hall–Kier alpha value is -1.98. The number of hydrogen-bond acceptors (Lipinski definition) is 9. The fourth-order valence-electron chi connectivity index (χ4n) is 2.36. The van der Waals surface area contributed by atoms with Crippen LogP contribution in [0.1, 0.15) is 18.4 Å². The van der Waals surface area contributed by atoms with Gasteiger partial charge in [0.25, 0.3) is 10.0 Å². The van der Waals surface area contributed by atoms with E-state index < -0.39 is 20.9 Å². The summed E-state index contributed by atoms with van der Waals surface area (Å²) in [6, 6.07) is 3.89. The van der Waals surface area contributed by atoms with Crippen LogP contribution in [0.25, 0.3) is 0 Å². The van der Waals surface area contributed by atoms with Crippen LogP contribution in [0.3, 0.4) is 0 Å². The van der Waals surface area contributed by atoms with Crippen molar-refractivity contribution < 1.29 is 22.4 Å². The van der Waals surface area contributed by atoms with Crippen molar-refractivity contribution in [2.75, 3.05) is 33.0 Å². The number of rotatable bonds is 10. The van der Waals surface area contributed by atoms with Crippen molar-refractivity contribution in [1.29, 1.82) is 0 Å². The minimum atomic E-state index is -4.12. The van der Waals surface area contributed by atoms with Crippen LogP contribution in [-0.4, -0.2) is 58.1 Å². The highest BCUT2D eigenvalue weighted by Gasteiger charge is 2.37. The van der Waals surface area contributed by atoms with Gasteiger partial charge >= 0.3 is 5.97 Å². The molecule has 1 aliphatic heterocycles. The van der Waals surface area contributed by atoms with Gasteiger partial charge in [0.2, 0.25) is 4.91 Å². The SMILES string of the molecule is CCOC(=O)C1=C(NCCSCc2ccc(CN(C)C)o2)C(N)=NS1(=O)=O. The van der Waals surface area contributed by atoms with Crippen LogP contribution in [0, 0.1) is 0 Å². The molecule has 0 atom stereocenters. The number of furan rings is 1. The van der Waals surface area contributed by atoms with Crippen molar-refractivity contribution in [3.05, 3.63) is 34.3 Å². The Morgan fingerprint density at radius 2 is 2.07 bits per heavy atom. The molecule has 27 heavy (non-hydrogen) atoms. The quantitative estimate of drug-likeness (QED) is 0.417. The van der Waals surface area contributed by atoms with E-state index in [1.807, 2.05) is 31.1 Å². The van der Waals surface area contributed by atoms with E-state index in [1.165, 1.54) is 0 Å². The number of hydrogen-bond donors (Lipinski definition) is 2. The molecule has 0 radical (unpaired) electrons. The average molecular weight is 417 g/mol. The highest BCUT2D eigenvalue weighted by molar-refractivity contribution is 7.98. The molecule has 2 heterocycles. The molecule has 150 valence electrons. The number of amidine groups is 1. The summed E-state index contributed by atoms with van der Waals surface area (Å²) in [6.45, 7) is 2.79. The van der Waals surface area contributed by atoms with Gasteiger partial charge in [-0.2, -0.15) is 20.2 Å². The van der Waals surface area contributed by atoms with E-state index in [9.17, 15) is 13.2 Å². The summed E-state index contributed by atoms with van der Waals surface area (Å²) in [4.78, 5) is 13.4. The van der Waals surface area contributed by atoms with E-state index in [0.717, 1.165) is 18.1 Å². The summed E-state index contributed by atoms with van der Waals surface area (Å²) in [5.74, 6) is 1.91. The Bertz CT molecular complexity index is 843. The first-order valence-electron chi connectivity index (χ1n) is 8.30. The lowest BCUT2D eigenvalue weighted by atomic mass is 10.3. The van der Waals surface area contributed by atoms with Gasteiger partial charge in [-0.1, -0.05) is 0 Å². The zero-order valence-corrected chi connectivity index (χ0v) is 17.2. The summed E-state index contributed by atoms with van der Waals surface area (Å²) < 4.78 is 37.8. The molecule has 2 rings (SSSR count). The van der Waals surface area contributed by atoms with Crippen molar-refractivity contribution in [3.8, 4) is 0 Å². The minimum Gasteiger partial charge on any atom is -0.464 e. The van der Waals surface area contributed by atoms with Gasteiger partial charge < -0.3 is 25.1 Å². The molecule has 0 fully saturated rings. The molecule has 11 heteroatoms. The molecular weight excluding hydrogens is 392 g/mol. The molecule has 0 bridgehead atoms. The molecule has 0 aliphatic carbocycles. The van der Waals surface area contributed by atoms with Crippen LogP contribution in [-0.2, 0) is 31.9 Å². The van der Waals surface area contributed by atoms with E-state index in [0.29, 0.717) is 18.1 Å². The molecule has 0 saturated heterocycles. The van der Waals surface area contributed by atoms with Crippen molar-refractivity contribution in [2.24, 2.45) is 10.1 Å². The van der Waals surface area contributed by atoms with E-state index in [-0.39, 0.29) is 18.1 Å². The Morgan fingerprint density at radius 3 is 2.74 bits per heavy atom.